The number of morpholine rings is 1. The first-order chi connectivity index (χ1) is 9.25. The van der Waals surface area contributed by atoms with E-state index in [1.807, 2.05) is 0 Å². The van der Waals surface area contributed by atoms with Gasteiger partial charge in [0.25, 0.3) is 0 Å². The molecule has 106 valence electrons. The highest BCUT2D eigenvalue weighted by Crippen LogP contribution is 2.28. The number of hydrogen-bond acceptors (Lipinski definition) is 4. The van der Waals surface area contributed by atoms with Gasteiger partial charge in [-0.2, -0.15) is 0 Å². The Morgan fingerprint density at radius 2 is 2.16 bits per heavy atom. The van der Waals surface area contributed by atoms with Crippen molar-refractivity contribution in [2.75, 3.05) is 32.8 Å². The highest BCUT2D eigenvalue weighted by Gasteiger charge is 2.36. The number of hydrogen-bond donors (Lipinski definition) is 1. The molecular formula is C13H21N3O3. The lowest BCUT2D eigenvalue weighted by Gasteiger charge is -2.43. The number of rotatable bonds is 2. The second kappa shape index (κ2) is 5.46. The van der Waals surface area contributed by atoms with E-state index in [0.29, 0.717) is 32.3 Å². The maximum atomic E-state index is 12.2. The molecule has 0 radical (unpaired) electrons. The number of carbonyl (C=O) groups excluding carboxylic acids is 2. The third-order valence-corrected chi connectivity index (χ3v) is 4.34. The maximum absolute atomic E-state index is 12.2. The van der Waals surface area contributed by atoms with Crippen LogP contribution in [0.1, 0.15) is 25.7 Å². The normalized spacial score (nSPS) is 32.0. The van der Waals surface area contributed by atoms with Crippen LogP contribution in [0.2, 0.25) is 0 Å². The minimum absolute atomic E-state index is 0.0822. The summed E-state index contributed by atoms with van der Waals surface area (Å²) in [5, 5.41) is 2.67. The van der Waals surface area contributed by atoms with E-state index in [9.17, 15) is 9.59 Å². The summed E-state index contributed by atoms with van der Waals surface area (Å²) in [6.07, 6.45) is 4.91. The summed E-state index contributed by atoms with van der Waals surface area (Å²) in [5.41, 5.74) is 0. The van der Waals surface area contributed by atoms with Crippen molar-refractivity contribution in [2.24, 2.45) is 0 Å². The number of fused-ring (bicyclic) bond motifs is 1. The largest absolute Gasteiger partial charge is 0.375 e. The van der Waals surface area contributed by atoms with Crippen LogP contribution in [-0.4, -0.2) is 66.7 Å². The van der Waals surface area contributed by atoms with Gasteiger partial charge < -0.3 is 10.1 Å². The van der Waals surface area contributed by atoms with Gasteiger partial charge in [0, 0.05) is 25.7 Å². The summed E-state index contributed by atoms with van der Waals surface area (Å²) < 4.78 is 5.79. The molecule has 0 aromatic rings. The molecule has 0 aromatic heterocycles. The molecule has 1 aliphatic carbocycles. The Morgan fingerprint density at radius 3 is 2.95 bits per heavy atom. The van der Waals surface area contributed by atoms with Crippen LogP contribution >= 0.6 is 0 Å². The van der Waals surface area contributed by atoms with Crippen LogP contribution in [0.4, 0.5) is 4.79 Å². The highest BCUT2D eigenvalue weighted by atomic mass is 16.5. The fraction of sp³-hybridized carbons (Fsp3) is 0.846. The zero-order valence-corrected chi connectivity index (χ0v) is 11.1. The van der Waals surface area contributed by atoms with Gasteiger partial charge in [0.1, 0.15) is 0 Å². The average molecular weight is 267 g/mol. The molecule has 3 amide bonds. The van der Waals surface area contributed by atoms with Crippen molar-refractivity contribution in [2.45, 2.75) is 37.8 Å². The van der Waals surface area contributed by atoms with Gasteiger partial charge in [-0.3, -0.25) is 14.6 Å². The summed E-state index contributed by atoms with van der Waals surface area (Å²) in [7, 11) is 0. The van der Waals surface area contributed by atoms with E-state index in [2.05, 4.69) is 10.2 Å². The molecule has 3 fully saturated rings. The molecule has 1 N–H and O–H groups in total. The lowest BCUT2D eigenvalue weighted by atomic mass is 9.90. The first-order valence-electron chi connectivity index (χ1n) is 7.19. The van der Waals surface area contributed by atoms with Crippen molar-refractivity contribution < 1.29 is 14.3 Å². The van der Waals surface area contributed by atoms with Crippen LogP contribution < -0.4 is 5.32 Å². The van der Waals surface area contributed by atoms with Gasteiger partial charge in [0.05, 0.1) is 19.3 Å². The van der Waals surface area contributed by atoms with Gasteiger partial charge in [-0.15, -0.1) is 0 Å². The number of ether oxygens (including phenoxy) is 1. The Kier molecular flexibility index (Phi) is 3.70. The molecule has 19 heavy (non-hydrogen) atoms. The van der Waals surface area contributed by atoms with E-state index in [-0.39, 0.29) is 18.0 Å². The summed E-state index contributed by atoms with van der Waals surface area (Å²) in [4.78, 5) is 27.2. The smallest absolute Gasteiger partial charge is 0.324 e. The molecule has 2 saturated heterocycles. The van der Waals surface area contributed by atoms with E-state index in [1.165, 1.54) is 17.7 Å². The topological polar surface area (TPSA) is 61.9 Å². The average Bonchev–Trinajstić information content (AvgIpc) is 2.85. The predicted molar refractivity (Wildman–Crippen MR) is 68.7 cm³/mol. The Bertz CT molecular complexity index is 372. The van der Waals surface area contributed by atoms with E-state index in [4.69, 9.17) is 4.74 Å². The van der Waals surface area contributed by atoms with Crippen molar-refractivity contribution in [1.29, 1.82) is 0 Å². The van der Waals surface area contributed by atoms with Crippen LogP contribution in [0.15, 0.2) is 0 Å². The molecule has 0 aromatic carbocycles. The standard InChI is InChI=1S/C13H21N3O3/c17-12(16-6-5-14-13(16)18)9-15-7-8-19-11-4-2-1-3-10(11)15/h10-11H,1-9H2,(H,14,18)/t10-,11-/m0/s1. The molecule has 6 nitrogen and oxygen atoms in total. The lowest BCUT2D eigenvalue weighted by Crippen LogP contribution is -2.55. The predicted octanol–water partition coefficient (Wildman–Crippen LogP) is 0.182. The highest BCUT2D eigenvalue weighted by molar-refractivity contribution is 5.96. The summed E-state index contributed by atoms with van der Waals surface area (Å²) in [6.45, 7) is 2.90. The molecule has 6 heteroatoms. The third kappa shape index (κ3) is 2.60. The molecule has 3 rings (SSSR count). The third-order valence-electron chi connectivity index (χ3n) is 4.34. The number of amides is 3. The number of nitrogens with one attached hydrogen (secondary N) is 1. The molecule has 1 saturated carbocycles. The number of imide groups is 1. The molecule has 0 unspecified atom stereocenters. The Labute approximate surface area is 113 Å². The fourth-order valence-electron chi connectivity index (χ4n) is 3.34. The first kappa shape index (κ1) is 12.9. The molecule has 0 bridgehead atoms. The summed E-state index contributed by atoms with van der Waals surface area (Å²) >= 11 is 0. The van der Waals surface area contributed by atoms with E-state index >= 15 is 0 Å². The molecule has 2 aliphatic heterocycles. The van der Waals surface area contributed by atoms with Gasteiger partial charge >= 0.3 is 6.03 Å². The summed E-state index contributed by atoms with van der Waals surface area (Å²) in [5.74, 6) is -0.0822. The Balaban J connectivity index is 1.61. The zero-order valence-electron chi connectivity index (χ0n) is 11.1. The monoisotopic (exact) mass is 267 g/mol. The van der Waals surface area contributed by atoms with Crippen molar-refractivity contribution >= 4 is 11.9 Å². The minimum atomic E-state index is -0.251. The van der Waals surface area contributed by atoms with E-state index < -0.39 is 0 Å². The van der Waals surface area contributed by atoms with Gasteiger partial charge in [0.15, 0.2) is 0 Å². The van der Waals surface area contributed by atoms with Crippen molar-refractivity contribution in [3.05, 3.63) is 0 Å². The molecule has 3 aliphatic rings. The van der Waals surface area contributed by atoms with Gasteiger partial charge in [-0.1, -0.05) is 12.8 Å². The maximum Gasteiger partial charge on any atom is 0.324 e. The van der Waals surface area contributed by atoms with Gasteiger partial charge in [-0.25, -0.2) is 4.79 Å². The first-order valence-corrected chi connectivity index (χ1v) is 7.19. The number of urea groups is 1. The van der Waals surface area contributed by atoms with Crippen molar-refractivity contribution in [1.82, 2.24) is 15.1 Å². The Morgan fingerprint density at radius 1 is 1.32 bits per heavy atom. The number of carbonyl (C=O) groups is 2. The quantitative estimate of drug-likeness (QED) is 0.775. The van der Waals surface area contributed by atoms with Crippen LogP contribution in [0, 0.1) is 0 Å². The van der Waals surface area contributed by atoms with Crippen molar-refractivity contribution in [3.63, 3.8) is 0 Å². The molecular weight excluding hydrogens is 246 g/mol. The molecule has 2 atom stereocenters. The van der Waals surface area contributed by atoms with Crippen LogP contribution in [0.25, 0.3) is 0 Å². The van der Waals surface area contributed by atoms with Crippen LogP contribution in [0.5, 0.6) is 0 Å². The zero-order chi connectivity index (χ0) is 13.2. The second-order valence-corrected chi connectivity index (χ2v) is 5.51. The van der Waals surface area contributed by atoms with E-state index in [1.54, 1.807) is 0 Å². The second-order valence-electron chi connectivity index (χ2n) is 5.51. The molecule has 0 spiro atoms. The number of nitrogens with zero attached hydrogens (tertiary/aromatic N) is 2. The van der Waals surface area contributed by atoms with Gasteiger partial charge in [0.2, 0.25) is 5.91 Å². The lowest BCUT2D eigenvalue weighted by molar-refractivity contribution is -0.135. The molecule has 2 heterocycles. The minimum Gasteiger partial charge on any atom is -0.375 e. The fourth-order valence-corrected chi connectivity index (χ4v) is 3.34. The van der Waals surface area contributed by atoms with Crippen molar-refractivity contribution in [3.8, 4) is 0 Å². The van der Waals surface area contributed by atoms with Gasteiger partial charge in [-0.05, 0) is 12.8 Å². The van der Waals surface area contributed by atoms with E-state index in [0.717, 1.165) is 19.4 Å². The Hall–Kier alpha value is -1.14. The van der Waals surface area contributed by atoms with Crippen LogP contribution in [0.3, 0.4) is 0 Å². The summed E-state index contributed by atoms with van der Waals surface area (Å²) in [6, 6.07) is 0.107. The SMILES string of the molecule is O=C(CN1CCO[C@H]2CCCC[C@@H]21)N1CCNC1=O. The van der Waals surface area contributed by atoms with Crippen LogP contribution in [-0.2, 0) is 9.53 Å².